The van der Waals surface area contributed by atoms with Gasteiger partial charge in [0.25, 0.3) is 0 Å². The number of rotatable bonds is 4. The minimum Gasteiger partial charge on any atom is -0.337 e. The molecule has 1 aromatic rings. The molecule has 1 atom stereocenters. The maximum absolute atomic E-state index is 12.3. The fourth-order valence-corrected chi connectivity index (χ4v) is 3.55. The van der Waals surface area contributed by atoms with Crippen molar-refractivity contribution in [3.8, 4) is 0 Å². The molecule has 0 bridgehead atoms. The zero-order valence-electron chi connectivity index (χ0n) is 11.8. The third-order valence-corrected chi connectivity index (χ3v) is 5.05. The smallest absolute Gasteiger partial charge is 0.242 e. The summed E-state index contributed by atoms with van der Waals surface area (Å²) >= 11 is 13.6. The number of likely N-dealkylation sites (N-methyl/N-ethyl adjacent to an activating group) is 1. The Labute approximate surface area is 138 Å². The summed E-state index contributed by atoms with van der Waals surface area (Å²) in [7, 11) is 1.71. The molecular formula is C14H16Cl2N2O2S. The summed E-state index contributed by atoms with van der Waals surface area (Å²) in [6.07, 6.45) is 0. The average Bonchev–Trinajstić information content (AvgIpc) is 2.82. The fourth-order valence-electron chi connectivity index (χ4n) is 2.08. The molecule has 21 heavy (non-hydrogen) atoms. The summed E-state index contributed by atoms with van der Waals surface area (Å²) < 4.78 is 0. The normalized spacial score (nSPS) is 16.2. The quantitative estimate of drug-likeness (QED) is 0.841. The SMILES string of the molecule is CC(c1ccc(Cl)cc1Cl)N(C)C(=O)CN1CSCC1=O. The van der Waals surface area contributed by atoms with Gasteiger partial charge in [-0.05, 0) is 24.6 Å². The van der Waals surface area contributed by atoms with Crippen molar-refractivity contribution >= 4 is 46.8 Å². The monoisotopic (exact) mass is 346 g/mol. The molecule has 1 aromatic carbocycles. The molecule has 0 radical (unpaired) electrons. The summed E-state index contributed by atoms with van der Waals surface area (Å²) in [6.45, 7) is 2.01. The van der Waals surface area contributed by atoms with Crippen LogP contribution in [0.15, 0.2) is 18.2 Å². The van der Waals surface area contributed by atoms with Gasteiger partial charge in [0.2, 0.25) is 11.8 Å². The van der Waals surface area contributed by atoms with Crippen molar-refractivity contribution in [1.82, 2.24) is 9.80 Å². The van der Waals surface area contributed by atoms with Gasteiger partial charge in [-0.25, -0.2) is 0 Å². The van der Waals surface area contributed by atoms with Gasteiger partial charge in [0.05, 0.1) is 17.7 Å². The molecule has 1 aliphatic heterocycles. The first-order chi connectivity index (χ1) is 9.90. The molecule has 1 heterocycles. The van der Waals surface area contributed by atoms with Gasteiger partial charge in [-0.2, -0.15) is 0 Å². The highest BCUT2D eigenvalue weighted by Gasteiger charge is 2.26. The predicted molar refractivity (Wildman–Crippen MR) is 86.7 cm³/mol. The van der Waals surface area contributed by atoms with Crippen molar-refractivity contribution in [1.29, 1.82) is 0 Å². The number of halogens is 2. The second kappa shape index (κ2) is 6.90. The first-order valence-electron chi connectivity index (χ1n) is 6.46. The minimum atomic E-state index is -0.187. The van der Waals surface area contributed by atoms with Crippen molar-refractivity contribution in [2.75, 3.05) is 25.2 Å². The number of nitrogens with zero attached hydrogens (tertiary/aromatic N) is 2. The molecule has 2 amide bonds. The summed E-state index contributed by atoms with van der Waals surface area (Å²) in [5.41, 5.74) is 0.832. The Hall–Kier alpha value is -0.910. The first kappa shape index (κ1) is 16.5. The Morgan fingerprint density at radius 3 is 2.76 bits per heavy atom. The van der Waals surface area contributed by atoms with E-state index in [2.05, 4.69) is 0 Å². The largest absolute Gasteiger partial charge is 0.337 e. The van der Waals surface area contributed by atoms with E-state index >= 15 is 0 Å². The van der Waals surface area contributed by atoms with Crippen molar-refractivity contribution in [3.05, 3.63) is 33.8 Å². The van der Waals surface area contributed by atoms with E-state index in [0.29, 0.717) is 21.7 Å². The highest BCUT2D eigenvalue weighted by molar-refractivity contribution is 8.00. The maximum Gasteiger partial charge on any atom is 0.242 e. The van der Waals surface area contributed by atoms with E-state index < -0.39 is 0 Å². The Morgan fingerprint density at radius 2 is 2.19 bits per heavy atom. The van der Waals surface area contributed by atoms with E-state index in [1.807, 2.05) is 13.0 Å². The van der Waals surface area contributed by atoms with Crippen LogP contribution >= 0.6 is 35.0 Å². The summed E-state index contributed by atoms with van der Waals surface area (Å²) in [5, 5.41) is 1.09. The van der Waals surface area contributed by atoms with E-state index in [4.69, 9.17) is 23.2 Å². The van der Waals surface area contributed by atoms with Gasteiger partial charge < -0.3 is 9.80 Å². The van der Waals surface area contributed by atoms with Crippen LogP contribution in [0.5, 0.6) is 0 Å². The Bertz CT molecular complexity index is 568. The van der Waals surface area contributed by atoms with Crippen LogP contribution in [0.25, 0.3) is 0 Å². The van der Waals surface area contributed by atoms with Gasteiger partial charge in [0.1, 0.15) is 6.54 Å². The number of hydrogen-bond donors (Lipinski definition) is 0. The lowest BCUT2D eigenvalue weighted by Gasteiger charge is -2.28. The lowest BCUT2D eigenvalue weighted by atomic mass is 10.1. The van der Waals surface area contributed by atoms with E-state index in [1.165, 1.54) is 11.8 Å². The maximum atomic E-state index is 12.3. The second-order valence-corrected chi connectivity index (χ2v) is 6.71. The standard InChI is InChI=1S/C14H16Cl2N2O2S/c1-9(11-4-3-10(15)5-12(11)16)17(2)13(19)6-18-8-21-7-14(18)20/h3-5,9H,6-8H2,1-2H3. The van der Waals surface area contributed by atoms with E-state index in [0.717, 1.165) is 5.56 Å². The summed E-state index contributed by atoms with van der Waals surface area (Å²) in [6, 6.07) is 5.04. The van der Waals surface area contributed by atoms with Crippen LogP contribution in [0.2, 0.25) is 10.0 Å². The minimum absolute atomic E-state index is 0.0129. The summed E-state index contributed by atoms with van der Waals surface area (Å²) in [4.78, 5) is 27.0. The molecule has 0 aliphatic carbocycles. The molecule has 2 rings (SSSR count). The number of benzene rings is 1. The van der Waals surface area contributed by atoms with Crippen LogP contribution in [-0.4, -0.2) is 46.8 Å². The van der Waals surface area contributed by atoms with Gasteiger partial charge in [0.15, 0.2) is 0 Å². The van der Waals surface area contributed by atoms with Gasteiger partial charge in [-0.15, -0.1) is 11.8 Å². The van der Waals surface area contributed by atoms with Crippen molar-refractivity contribution < 1.29 is 9.59 Å². The van der Waals surface area contributed by atoms with Crippen molar-refractivity contribution in [3.63, 3.8) is 0 Å². The molecule has 4 nitrogen and oxygen atoms in total. The first-order valence-corrected chi connectivity index (χ1v) is 8.37. The summed E-state index contributed by atoms with van der Waals surface area (Å²) in [5.74, 6) is 0.938. The predicted octanol–water partition coefficient (Wildman–Crippen LogP) is 3.05. The molecule has 1 aliphatic rings. The lowest BCUT2D eigenvalue weighted by Crippen LogP contribution is -2.40. The molecular weight excluding hydrogens is 331 g/mol. The number of carbonyl (C=O) groups is 2. The van der Waals surface area contributed by atoms with Gasteiger partial charge >= 0.3 is 0 Å². The molecule has 1 fully saturated rings. The Morgan fingerprint density at radius 1 is 1.48 bits per heavy atom. The highest BCUT2D eigenvalue weighted by Crippen LogP contribution is 2.29. The van der Waals surface area contributed by atoms with Crippen LogP contribution in [-0.2, 0) is 9.59 Å². The number of amides is 2. The van der Waals surface area contributed by atoms with Gasteiger partial charge in [0, 0.05) is 17.1 Å². The Balaban J connectivity index is 2.05. The van der Waals surface area contributed by atoms with Crippen LogP contribution < -0.4 is 0 Å². The van der Waals surface area contributed by atoms with Gasteiger partial charge in [-0.3, -0.25) is 9.59 Å². The lowest BCUT2D eigenvalue weighted by molar-refractivity contribution is -0.138. The number of carbonyl (C=O) groups excluding carboxylic acids is 2. The molecule has 1 unspecified atom stereocenters. The third kappa shape index (κ3) is 3.84. The topological polar surface area (TPSA) is 40.6 Å². The van der Waals surface area contributed by atoms with E-state index in [1.54, 1.807) is 29.0 Å². The van der Waals surface area contributed by atoms with Crippen LogP contribution in [0, 0.1) is 0 Å². The van der Waals surface area contributed by atoms with E-state index in [9.17, 15) is 9.59 Å². The van der Waals surface area contributed by atoms with Gasteiger partial charge in [-0.1, -0.05) is 29.3 Å². The van der Waals surface area contributed by atoms with Crippen LogP contribution in [0.4, 0.5) is 0 Å². The fraction of sp³-hybridized carbons (Fsp3) is 0.429. The molecule has 1 saturated heterocycles. The Kier molecular flexibility index (Phi) is 5.41. The number of thioether (sulfide) groups is 1. The van der Waals surface area contributed by atoms with Crippen LogP contribution in [0.3, 0.4) is 0 Å². The average molecular weight is 347 g/mol. The zero-order chi connectivity index (χ0) is 15.6. The van der Waals surface area contributed by atoms with Crippen LogP contribution in [0.1, 0.15) is 18.5 Å². The van der Waals surface area contributed by atoms with E-state index in [-0.39, 0.29) is 24.4 Å². The molecule has 7 heteroatoms. The zero-order valence-corrected chi connectivity index (χ0v) is 14.1. The molecule has 0 N–H and O–H groups in total. The van der Waals surface area contributed by atoms with Crippen molar-refractivity contribution in [2.24, 2.45) is 0 Å². The molecule has 0 spiro atoms. The second-order valence-electron chi connectivity index (χ2n) is 4.92. The highest BCUT2D eigenvalue weighted by atomic mass is 35.5. The molecule has 0 aromatic heterocycles. The van der Waals surface area contributed by atoms with Crippen molar-refractivity contribution in [2.45, 2.75) is 13.0 Å². The molecule has 0 saturated carbocycles. The molecule has 114 valence electrons. The third-order valence-electron chi connectivity index (χ3n) is 3.54. The number of hydrogen-bond acceptors (Lipinski definition) is 3.